The molecule has 11 nitrogen and oxygen atoms in total. The molecule has 202 valence electrons. The molecule has 2 aromatic rings. The highest BCUT2D eigenvalue weighted by molar-refractivity contribution is 8.04. The summed E-state index contributed by atoms with van der Waals surface area (Å²) in [5, 5.41) is 12.5. The van der Waals surface area contributed by atoms with Crippen LogP contribution in [0.2, 0.25) is 0 Å². The van der Waals surface area contributed by atoms with Gasteiger partial charge in [-0.25, -0.2) is 14.8 Å². The number of anilines is 1. The summed E-state index contributed by atoms with van der Waals surface area (Å²) in [6, 6.07) is 8.64. The molecule has 6 rings (SSSR count). The van der Waals surface area contributed by atoms with Crippen LogP contribution in [0.3, 0.4) is 0 Å². The van der Waals surface area contributed by atoms with E-state index >= 15 is 0 Å². The van der Waals surface area contributed by atoms with Gasteiger partial charge in [0.05, 0.1) is 34.4 Å². The first-order chi connectivity index (χ1) is 19.0. The maximum absolute atomic E-state index is 13.4. The van der Waals surface area contributed by atoms with Crippen molar-refractivity contribution >= 4 is 35.3 Å². The maximum Gasteiger partial charge on any atom is 0.326 e. The van der Waals surface area contributed by atoms with E-state index in [4.69, 9.17) is 4.74 Å². The minimum absolute atomic E-state index is 0.0518. The van der Waals surface area contributed by atoms with Gasteiger partial charge in [0.2, 0.25) is 5.91 Å². The minimum Gasteiger partial charge on any atom is -0.424 e. The molecule has 3 aliphatic heterocycles. The Morgan fingerprint density at radius 3 is 2.59 bits per heavy atom. The standard InChI is InChI=1S/C27H29N7O4S/c1-2-20(35)31-17-9-6-10-18(17)32-24(36)23-22-21-19(11-12-28-25(21)39-23)34(27(37)33-22)15-13-29-26(30-14-15)38-16-7-4-3-5-8-16/h2-5,7-8,13-14,17-19,21,25,28H,1,6,9-12H2,(H,31,35)(H,32,36)(H,33,37)/t17-,18-,19?,21?,25?/m1/s1. The Kier molecular flexibility index (Phi) is 6.96. The SMILES string of the molecule is C=CC(=O)N[C@@H]1CCC[C@H]1NC(=O)C1=C2NC(=O)N(c3cnc(Oc4ccccc4)nc3)C3CCNC(S1)C23. The number of ether oxygens (including phenoxy) is 1. The van der Waals surface area contributed by atoms with Crippen molar-refractivity contribution in [3.8, 4) is 11.8 Å². The lowest BCUT2D eigenvalue weighted by Gasteiger charge is -2.45. The van der Waals surface area contributed by atoms with Gasteiger partial charge >= 0.3 is 12.0 Å². The van der Waals surface area contributed by atoms with E-state index in [0.29, 0.717) is 35.0 Å². The molecule has 4 amide bonds. The molecule has 0 radical (unpaired) electrons. The van der Waals surface area contributed by atoms with Crippen LogP contribution in [0.4, 0.5) is 10.5 Å². The van der Waals surface area contributed by atoms with Crippen molar-refractivity contribution in [1.29, 1.82) is 0 Å². The number of para-hydroxylation sites is 1. The Morgan fingerprint density at radius 1 is 1.10 bits per heavy atom. The van der Waals surface area contributed by atoms with Crippen molar-refractivity contribution in [3.05, 3.63) is 66.0 Å². The summed E-state index contributed by atoms with van der Waals surface area (Å²) < 4.78 is 5.69. The molecule has 1 aromatic carbocycles. The Bertz CT molecular complexity index is 1320. The number of hydrogen-bond acceptors (Lipinski definition) is 8. The molecule has 4 heterocycles. The van der Waals surface area contributed by atoms with E-state index in [1.54, 1.807) is 17.3 Å². The van der Waals surface area contributed by atoms with Crippen LogP contribution >= 0.6 is 11.8 Å². The van der Waals surface area contributed by atoms with E-state index in [9.17, 15) is 14.4 Å². The second kappa shape index (κ2) is 10.7. The number of urea groups is 1. The number of aromatic nitrogens is 2. The number of hydrogen-bond donors (Lipinski definition) is 4. The molecule has 39 heavy (non-hydrogen) atoms. The summed E-state index contributed by atoms with van der Waals surface area (Å²) >= 11 is 1.45. The fourth-order valence-electron chi connectivity index (χ4n) is 5.78. The van der Waals surface area contributed by atoms with Crippen LogP contribution < -0.4 is 30.9 Å². The summed E-state index contributed by atoms with van der Waals surface area (Å²) in [6.07, 6.45) is 7.61. The van der Waals surface area contributed by atoms with Crippen LogP contribution in [0, 0.1) is 5.92 Å². The topological polar surface area (TPSA) is 138 Å². The predicted octanol–water partition coefficient (Wildman–Crippen LogP) is 2.40. The lowest BCUT2D eigenvalue weighted by Crippen LogP contribution is -2.62. The van der Waals surface area contributed by atoms with Crippen molar-refractivity contribution < 1.29 is 19.1 Å². The molecule has 4 N–H and O–H groups in total. The van der Waals surface area contributed by atoms with Crippen molar-refractivity contribution in [3.63, 3.8) is 0 Å². The van der Waals surface area contributed by atoms with Crippen LogP contribution in [0.15, 0.2) is 66.0 Å². The highest BCUT2D eigenvalue weighted by atomic mass is 32.2. The molecule has 0 bridgehead atoms. The Balaban J connectivity index is 1.20. The third-order valence-electron chi connectivity index (χ3n) is 7.54. The van der Waals surface area contributed by atoms with E-state index < -0.39 is 0 Å². The molecule has 1 aliphatic carbocycles. The molecule has 4 aliphatic rings. The average molecular weight is 548 g/mol. The number of nitrogens with one attached hydrogen (secondary N) is 4. The smallest absolute Gasteiger partial charge is 0.326 e. The fourth-order valence-corrected chi connectivity index (χ4v) is 7.18. The Morgan fingerprint density at radius 2 is 1.85 bits per heavy atom. The number of thioether (sulfide) groups is 1. The van der Waals surface area contributed by atoms with E-state index in [1.807, 2.05) is 30.3 Å². The third kappa shape index (κ3) is 4.97. The number of rotatable bonds is 7. The van der Waals surface area contributed by atoms with Crippen LogP contribution in [0.5, 0.6) is 11.8 Å². The Labute approximate surface area is 229 Å². The molecular weight excluding hydrogens is 518 g/mol. The van der Waals surface area contributed by atoms with Gasteiger partial charge in [-0.1, -0.05) is 36.5 Å². The molecule has 2 saturated heterocycles. The summed E-state index contributed by atoms with van der Waals surface area (Å²) in [5.74, 6) is 0.0500. The highest BCUT2D eigenvalue weighted by Gasteiger charge is 2.52. The van der Waals surface area contributed by atoms with E-state index in [0.717, 1.165) is 19.3 Å². The van der Waals surface area contributed by atoms with Crippen molar-refractivity contribution in [1.82, 2.24) is 31.2 Å². The molecule has 3 fully saturated rings. The van der Waals surface area contributed by atoms with Gasteiger partial charge in [-0.05, 0) is 50.4 Å². The second-order valence-corrected chi connectivity index (χ2v) is 11.0. The van der Waals surface area contributed by atoms with Gasteiger partial charge in [0.15, 0.2) is 0 Å². The van der Waals surface area contributed by atoms with Gasteiger partial charge in [-0.3, -0.25) is 14.5 Å². The molecule has 3 unspecified atom stereocenters. The molecule has 1 saturated carbocycles. The van der Waals surface area contributed by atoms with Gasteiger partial charge < -0.3 is 26.0 Å². The number of nitrogens with zero attached hydrogens (tertiary/aromatic N) is 3. The zero-order valence-electron chi connectivity index (χ0n) is 21.1. The van der Waals surface area contributed by atoms with Gasteiger partial charge in [0, 0.05) is 23.7 Å². The van der Waals surface area contributed by atoms with Crippen molar-refractivity contribution in [2.45, 2.75) is 49.2 Å². The third-order valence-corrected chi connectivity index (χ3v) is 8.89. The van der Waals surface area contributed by atoms with Gasteiger partial charge in [-0.2, -0.15) is 0 Å². The summed E-state index contributed by atoms with van der Waals surface area (Å²) in [5.41, 5.74) is 1.21. The first-order valence-electron chi connectivity index (χ1n) is 13.0. The monoisotopic (exact) mass is 547 g/mol. The quantitative estimate of drug-likeness (QED) is 0.388. The number of amides is 4. The molecule has 1 aromatic heterocycles. The molecule has 12 heteroatoms. The molecule has 0 spiro atoms. The van der Waals surface area contributed by atoms with Gasteiger partial charge in [-0.15, -0.1) is 0 Å². The highest BCUT2D eigenvalue weighted by Crippen LogP contribution is 2.48. The lowest BCUT2D eigenvalue weighted by atomic mass is 9.86. The number of benzene rings is 1. The molecule has 5 atom stereocenters. The maximum atomic E-state index is 13.4. The average Bonchev–Trinajstić information content (AvgIpc) is 3.54. The number of carbonyl (C=O) groups is 3. The minimum atomic E-state index is -0.322. The molecular formula is C27H29N7O4S. The zero-order valence-corrected chi connectivity index (χ0v) is 21.9. The van der Waals surface area contributed by atoms with Crippen LogP contribution in [0.1, 0.15) is 25.7 Å². The first kappa shape index (κ1) is 25.4. The van der Waals surface area contributed by atoms with Crippen molar-refractivity contribution in [2.24, 2.45) is 5.92 Å². The van der Waals surface area contributed by atoms with E-state index in [1.165, 1.54) is 17.8 Å². The summed E-state index contributed by atoms with van der Waals surface area (Å²) in [7, 11) is 0. The van der Waals surface area contributed by atoms with E-state index in [-0.39, 0.29) is 53.3 Å². The lowest BCUT2D eigenvalue weighted by molar-refractivity contribution is -0.119. The fraction of sp³-hybridized carbons (Fsp3) is 0.370. The largest absolute Gasteiger partial charge is 0.424 e. The first-order valence-corrected chi connectivity index (χ1v) is 13.9. The van der Waals surface area contributed by atoms with Gasteiger partial charge in [0.1, 0.15) is 5.75 Å². The Hall–Kier alpha value is -3.90. The van der Waals surface area contributed by atoms with Crippen LogP contribution in [-0.4, -0.2) is 57.9 Å². The zero-order chi connectivity index (χ0) is 26.9. The van der Waals surface area contributed by atoms with Crippen LogP contribution in [-0.2, 0) is 9.59 Å². The van der Waals surface area contributed by atoms with Crippen molar-refractivity contribution in [2.75, 3.05) is 11.4 Å². The predicted molar refractivity (Wildman–Crippen MR) is 146 cm³/mol. The number of carbonyl (C=O) groups excluding carboxylic acids is 3. The van der Waals surface area contributed by atoms with Crippen LogP contribution in [0.25, 0.3) is 0 Å². The second-order valence-electron chi connectivity index (χ2n) is 9.89. The van der Waals surface area contributed by atoms with E-state index in [2.05, 4.69) is 37.8 Å². The normalized spacial score (nSPS) is 27.4. The van der Waals surface area contributed by atoms with Gasteiger partial charge in [0.25, 0.3) is 5.91 Å². The summed E-state index contributed by atoms with van der Waals surface area (Å²) in [6.45, 7) is 4.22. The summed E-state index contributed by atoms with van der Waals surface area (Å²) in [4.78, 5) is 49.5. The number of piperidine rings is 1.